The number of benzene rings is 1. The second kappa shape index (κ2) is 7.31. The molecule has 24 heavy (non-hydrogen) atoms. The molecule has 0 spiro atoms. The molecule has 4 N–H and O–H groups in total. The molecule has 2 unspecified atom stereocenters. The van der Waals surface area contributed by atoms with Crippen molar-refractivity contribution in [3.05, 3.63) is 34.9 Å². The molecule has 1 aromatic carbocycles. The van der Waals surface area contributed by atoms with Crippen LogP contribution in [0.5, 0.6) is 0 Å². The van der Waals surface area contributed by atoms with E-state index in [-0.39, 0.29) is 11.9 Å². The summed E-state index contributed by atoms with van der Waals surface area (Å²) >= 11 is 7.61. The number of carboxylic acids is 1. The van der Waals surface area contributed by atoms with Crippen molar-refractivity contribution in [3.8, 4) is 0 Å². The van der Waals surface area contributed by atoms with Crippen LogP contribution in [0.15, 0.2) is 24.3 Å². The Balaban J connectivity index is 1.63. The lowest BCUT2D eigenvalue weighted by Gasteiger charge is -2.34. The summed E-state index contributed by atoms with van der Waals surface area (Å²) in [5, 5.41) is 13.0. The van der Waals surface area contributed by atoms with Gasteiger partial charge in [0.15, 0.2) is 0 Å². The number of hydrogen-bond acceptors (Lipinski definition) is 5. The number of rotatable bonds is 4. The first-order chi connectivity index (χ1) is 11.5. The zero-order chi connectivity index (χ0) is 17.2. The minimum atomic E-state index is -1.14. The Bertz CT molecular complexity index is 619. The van der Waals surface area contributed by atoms with Gasteiger partial charge < -0.3 is 10.4 Å². The topological polar surface area (TPSA) is 90.5 Å². The molecule has 2 aliphatic heterocycles. The first-order valence-corrected chi connectivity index (χ1v) is 9.43. The van der Waals surface area contributed by atoms with Gasteiger partial charge in [0.1, 0.15) is 11.6 Å². The van der Waals surface area contributed by atoms with Crippen molar-refractivity contribution >= 4 is 35.2 Å². The minimum absolute atomic E-state index is 0.0132. The molecule has 2 heterocycles. The Morgan fingerprint density at radius 3 is 2.50 bits per heavy atom. The van der Waals surface area contributed by atoms with Crippen LogP contribution in [0.25, 0.3) is 0 Å². The van der Waals surface area contributed by atoms with E-state index in [1.165, 1.54) is 0 Å². The molecule has 0 saturated carbocycles. The van der Waals surface area contributed by atoms with Crippen LogP contribution in [0.3, 0.4) is 0 Å². The number of thioether (sulfide) groups is 1. The largest absolute Gasteiger partial charge is 0.480 e. The smallest absolute Gasteiger partial charge is 0.329 e. The van der Waals surface area contributed by atoms with Gasteiger partial charge in [-0.05, 0) is 48.5 Å². The van der Waals surface area contributed by atoms with Crippen molar-refractivity contribution in [2.24, 2.45) is 0 Å². The summed E-state index contributed by atoms with van der Waals surface area (Å²) in [4.78, 5) is 24.2. The summed E-state index contributed by atoms with van der Waals surface area (Å²) in [7, 11) is 0. The fraction of sp³-hybridized carbons (Fsp3) is 0.500. The standard InChI is InChI=1S/C16H20ClN3O3S/c17-11-3-1-10(2-4-11)12-9-13(20-19-12)14(21)18-16(15(22)23)5-7-24-8-6-16/h1-4,12-13,19-20H,5-9H2,(H,18,21)(H,22,23). The van der Waals surface area contributed by atoms with E-state index in [1.54, 1.807) is 11.8 Å². The first kappa shape index (κ1) is 17.5. The quantitative estimate of drug-likeness (QED) is 0.646. The van der Waals surface area contributed by atoms with E-state index in [2.05, 4.69) is 16.2 Å². The van der Waals surface area contributed by atoms with Gasteiger partial charge in [0, 0.05) is 11.1 Å². The molecule has 0 radical (unpaired) electrons. The van der Waals surface area contributed by atoms with E-state index in [9.17, 15) is 14.7 Å². The summed E-state index contributed by atoms with van der Waals surface area (Å²) in [6, 6.07) is 6.98. The summed E-state index contributed by atoms with van der Waals surface area (Å²) in [6.45, 7) is 0. The van der Waals surface area contributed by atoms with Crippen LogP contribution < -0.4 is 16.2 Å². The SMILES string of the molecule is O=C(NC1(C(=O)O)CCSCC1)C1CC(c2ccc(Cl)cc2)NN1. The van der Waals surface area contributed by atoms with Gasteiger partial charge in [0.2, 0.25) is 5.91 Å². The molecule has 2 atom stereocenters. The number of aliphatic carboxylic acids is 1. The summed E-state index contributed by atoms with van der Waals surface area (Å²) in [6.07, 6.45) is 1.47. The third-order valence-corrected chi connectivity index (χ3v) is 5.85. The minimum Gasteiger partial charge on any atom is -0.480 e. The second-order valence-corrected chi connectivity index (χ2v) is 7.83. The van der Waals surface area contributed by atoms with Crippen molar-refractivity contribution in [2.45, 2.75) is 36.9 Å². The van der Waals surface area contributed by atoms with Crippen molar-refractivity contribution in [1.82, 2.24) is 16.2 Å². The predicted molar refractivity (Wildman–Crippen MR) is 93.9 cm³/mol. The van der Waals surface area contributed by atoms with Gasteiger partial charge in [0.25, 0.3) is 0 Å². The number of halogens is 1. The Morgan fingerprint density at radius 2 is 1.88 bits per heavy atom. The Hall–Kier alpha value is -1.28. The van der Waals surface area contributed by atoms with Crippen LogP contribution in [0.1, 0.15) is 30.9 Å². The van der Waals surface area contributed by atoms with E-state index < -0.39 is 17.6 Å². The number of carboxylic acid groups (broad SMARTS) is 1. The summed E-state index contributed by atoms with van der Waals surface area (Å²) in [5.74, 6) is 0.275. The van der Waals surface area contributed by atoms with E-state index >= 15 is 0 Å². The van der Waals surface area contributed by atoms with Crippen molar-refractivity contribution < 1.29 is 14.7 Å². The molecule has 2 fully saturated rings. The molecule has 1 aromatic rings. The number of carbonyl (C=O) groups excluding carboxylic acids is 1. The highest BCUT2D eigenvalue weighted by Gasteiger charge is 2.43. The first-order valence-electron chi connectivity index (χ1n) is 7.90. The number of hydrogen-bond donors (Lipinski definition) is 4. The van der Waals surface area contributed by atoms with Gasteiger partial charge in [-0.25, -0.2) is 15.6 Å². The maximum absolute atomic E-state index is 12.5. The number of hydrazine groups is 1. The van der Waals surface area contributed by atoms with E-state index in [0.717, 1.165) is 17.1 Å². The summed E-state index contributed by atoms with van der Waals surface area (Å²) < 4.78 is 0. The number of amides is 1. The molecule has 2 saturated heterocycles. The van der Waals surface area contributed by atoms with Gasteiger partial charge in [-0.2, -0.15) is 11.8 Å². The highest BCUT2D eigenvalue weighted by Crippen LogP contribution is 2.29. The maximum atomic E-state index is 12.5. The fourth-order valence-electron chi connectivity index (χ4n) is 3.08. The lowest BCUT2D eigenvalue weighted by molar-refractivity contribution is -0.148. The monoisotopic (exact) mass is 369 g/mol. The molecule has 0 bridgehead atoms. The van der Waals surface area contributed by atoms with Crippen LogP contribution >= 0.6 is 23.4 Å². The zero-order valence-corrected chi connectivity index (χ0v) is 14.6. The predicted octanol–water partition coefficient (Wildman–Crippen LogP) is 1.71. The van der Waals surface area contributed by atoms with Crippen molar-refractivity contribution in [1.29, 1.82) is 0 Å². The molecule has 0 aliphatic carbocycles. The van der Waals surface area contributed by atoms with Gasteiger partial charge in [-0.1, -0.05) is 23.7 Å². The Morgan fingerprint density at radius 1 is 1.21 bits per heavy atom. The fourth-order valence-corrected chi connectivity index (χ4v) is 4.39. The average molecular weight is 370 g/mol. The average Bonchev–Trinajstić information content (AvgIpc) is 3.06. The van der Waals surface area contributed by atoms with E-state index in [4.69, 9.17) is 11.6 Å². The van der Waals surface area contributed by atoms with E-state index in [1.807, 2.05) is 24.3 Å². The van der Waals surface area contributed by atoms with Crippen LogP contribution in [-0.4, -0.2) is 40.1 Å². The molecular weight excluding hydrogens is 350 g/mol. The molecule has 8 heteroatoms. The number of carbonyl (C=O) groups is 2. The van der Waals surface area contributed by atoms with Gasteiger partial charge in [-0.15, -0.1) is 0 Å². The van der Waals surface area contributed by atoms with Crippen LogP contribution in [0, 0.1) is 0 Å². The molecule has 1 amide bonds. The summed E-state index contributed by atoms with van der Waals surface area (Å²) in [5.41, 5.74) is 5.96. The second-order valence-electron chi connectivity index (χ2n) is 6.17. The number of nitrogens with one attached hydrogen (secondary N) is 3. The van der Waals surface area contributed by atoms with Crippen molar-refractivity contribution in [2.75, 3.05) is 11.5 Å². The Labute approximate surface area is 149 Å². The van der Waals surface area contributed by atoms with Gasteiger partial charge in [0.05, 0.1) is 0 Å². The van der Waals surface area contributed by atoms with Gasteiger partial charge >= 0.3 is 5.97 Å². The molecule has 6 nitrogen and oxygen atoms in total. The van der Waals surface area contributed by atoms with E-state index in [0.29, 0.717) is 24.3 Å². The molecule has 130 valence electrons. The molecular formula is C16H20ClN3O3S. The van der Waals surface area contributed by atoms with Crippen LogP contribution in [0.4, 0.5) is 0 Å². The van der Waals surface area contributed by atoms with Crippen molar-refractivity contribution in [3.63, 3.8) is 0 Å². The highest BCUT2D eigenvalue weighted by atomic mass is 35.5. The third kappa shape index (κ3) is 3.69. The molecule has 3 rings (SSSR count). The maximum Gasteiger partial charge on any atom is 0.329 e. The Kier molecular flexibility index (Phi) is 5.34. The normalized spacial score (nSPS) is 26.0. The molecule has 0 aromatic heterocycles. The zero-order valence-electron chi connectivity index (χ0n) is 13.0. The van der Waals surface area contributed by atoms with Crippen LogP contribution in [0.2, 0.25) is 5.02 Å². The van der Waals surface area contributed by atoms with Gasteiger partial charge in [-0.3, -0.25) is 4.79 Å². The lowest BCUT2D eigenvalue weighted by atomic mass is 9.91. The highest BCUT2D eigenvalue weighted by molar-refractivity contribution is 7.99. The lowest BCUT2D eigenvalue weighted by Crippen LogP contribution is -2.60. The molecule has 2 aliphatic rings. The van der Waals surface area contributed by atoms with Crippen LogP contribution in [-0.2, 0) is 9.59 Å². The third-order valence-electron chi connectivity index (χ3n) is 4.61.